The van der Waals surface area contributed by atoms with E-state index in [4.69, 9.17) is 0 Å². The van der Waals surface area contributed by atoms with E-state index in [1.54, 1.807) is 12.1 Å². The van der Waals surface area contributed by atoms with E-state index >= 15 is 0 Å². The topological polar surface area (TPSA) is 41.3 Å². The molecular formula is C16H20FN3O. The summed E-state index contributed by atoms with van der Waals surface area (Å²) in [5.74, 6) is -0.229. The van der Waals surface area contributed by atoms with Gasteiger partial charge in [-0.25, -0.2) is 4.39 Å². The van der Waals surface area contributed by atoms with E-state index in [2.05, 4.69) is 16.9 Å². The highest BCUT2D eigenvalue weighted by Crippen LogP contribution is 2.33. The second kappa shape index (κ2) is 5.95. The van der Waals surface area contributed by atoms with Crippen molar-refractivity contribution in [1.82, 2.24) is 14.7 Å². The molecule has 1 aromatic heterocycles. The van der Waals surface area contributed by atoms with E-state index in [-0.39, 0.29) is 18.0 Å². The molecule has 3 rings (SSSR count). The van der Waals surface area contributed by atoms with Gasteiger partial charge < -0.3 is 5.11 Å². The number of hydrogen-bond acceptors (Lipinski definition) is 3. The molecule has 5 heteroatoms. The summed E-state index contributed by atoms with van der Waals surface area (Å²) in [6.07, 6.45) is 4.26. The van der Waals surface area contributed by atoms with Gasteiger partial charge in [0.2, 0.25) is 0 Å². The number of nitrogens with zero attached hydrogens (tertiary/aromatic N) is 3. The maximum absolute atomic E-state index is 13.1. The molecule has 0 bridgehead atoms. The lowest BCUT2D eigenvalue weighted by Gasteiger charge is -2.23. The normalized spacial score (nSPS) is 22.8. The van der Waals surface area contributed by atoms with E-state index < -0.39 is 0 Å². The van der Waals surface area contributed by atoms with E-state index in [0.717, 1.165) is 24.2 Å². The molecule has 0 amide bonds. The summed E-state index contributed by atoms with van der Waals surface area (Å²) in [5.41, 5.74) is 2.19. The number of aryl methyl sites for hydroxylation is 1. The Morgan fingerprint density at radius 1 is 1.33 bits per heavy atom. The maximum atomic E-state index is 13.1. The monoisotopic (exact) mass is 289 g/mol. The van der Waals surface area contributed by atoms with Gasteiger partial charge in [0.25, 0.3) is 0 Å². The molecule has 0 saturated carbocycles. The molecule has 1 aliphatic rings. The Morgan fingerprint density at radius 2 is 2.10 bits per heavy atom. The summed E-state index contributed by atoms with van der Waals surface area (Å²) in [7, 11) is 0. The Balaban J connectivity index is 1.77. The fourth-order valence-corrected chi connectivity index (χ4v) is 2.98. The van der Waals surface area contributed by atoms with Crippen molar-refractivity contribution in [2.75, 3.05) is 6.54 Å². The van der Waals surface area contributed by atoms with Crippen LogP contribution in [0.3, 0.4) is 0 Å². The van der Waals surface area contributed by atoms with Gasteiger partial charge in [0.15, 0.2) is 0 Å². The quantitative estimate of drug-likeness (QED) is 0.939. The number of benzene rings is 1. The van der Waals surface area contributed by atoms with Crippen molar-refractivity contribution in [3.8, 4) is 0 Å². The van der Waals surface area contributed by atoms with Gasteiger partial charge in [0.05, 0.1) is 12.3 Å². The van der Waals surface area contributed by atoms with Crippen LogP contribution in [-0.2, 0) is 13.1 Å². The van der Waals surface area contributed by atoms with Crippen molar-refractivity contribution >= 4 is 0 Å². The maximum Gasteiger partial charge on any atom is 0.123 e. The number of β-amino-alcohol motifs (C(OH)–C–C–N with tert-alkyl or cyclic N) is 1. The minimum absolute atomic E-state index is 0.130. The fraction of sp³-hybridized carbons (Fsp3) is 0.438. The number of hydrogen-bond donors (Lipinski definition) is 1. The SMILES string of the molecule is CCn1cc(CN2C[C@@H](O)C[C@H]2c2ccc(F)cc2)cn1. The molecular weight excluding hydrogens is 269 g/mol. The first-order valence-electron chi connectivity index (χ1n) is 7.34. The third-order valence-corrected chi connectivity index (χ3v) is 4.03. The van der Waals surface area contributed by atoms with Crippen molar-refractivity contribution in [2.45, 2.75) is 38.6 Å². The summed E-state index contributed by atoms with van der Waals surface area (Å²) >= 11 is 0. The van der Waals surface area contributed by atoms with Crippen molar-refractivity contribution in [3.05, 3.63) is 53.6 Å². The van der Waals surface area contributed by atoms with Crippen LogP contribution in [-0.4, -0.2) is 32.4 Å². The van der Waals surface area contributed by atoms with Crippen molar-refractivity contribution in [2.24, 2.45) is 0 Å². The Morgan fingerprint density at radius 3 is 2.76 bits per heavy atom. The summed E-state index contributed by atoms with van der Waals surface area (Å²) in [6.45, 7) is 4.29. The lowest BCUT2D eigenvalue weighted by molar-refractivity contribution is 0.172. The first-order chi connectivity index (χ1) is 10.2. The largest absolute Gasteiger partial charge is 0.392 e. The predicted molar refractivity (Wildman–Crippen MR) is 78.1 cm³/mol. The van der Waals surface area contributed by atoms with Gasteiger partial charge in [-0.05, 0) is 31.0 Å². The molecule has 112 valence electrons. The number of aliphatic hydroxyl groups is 1. The van der Waals surface area contributed by atoms with Crippen LogP contribution in [0.5, 0.6) is 0 Å². The van der Waals surface area contributed by atoms with Gasteiger partial charge in [-0.1, -0.05) is 12.1 Å². The fourth-order valence-electron chi connectivity index (χ4n) is 2.98. The third kappa shape index (κ3) is 3.14. The van der Waals surface area contributed by atoms with Crippen LogP contribution in [0.4, 0.5) is 4.39 Å². The van der Waals surface area contributed by atoms with Gasteiger partial charge >= 0.3 is 0 Å². The van der Waals surface area contributed by atoms with Gasteiger partial charge in [-0.2, -0.15) is 5.10 Å². The van der Waals surface area contributed by atoms with E-state index in [1.165, 1.54) is 12.1 Å². The molecule has 2 atom stereocenters. The first kappa shape index (κ1) is 14.2. The summed E-state index contributed by atoms with van der Waals surface area (Å²) in [5, 5.41) is 14.3. The minimum atomic E-state index is -0.332. The average molecular weight is 289 g/mol. The second-order valence-corrected chi connectivity index (χ2v) is 5.59. The van der Waals surface area contributed by atoms with Gasteiger partial charge in [0.1, 0.15) is 5.82 Å². The average Bonchev–Trinajstić information content (AvgIpc) is 3.07. The molecule has 0 radical (unpaired) electrons. The first-order valence-corrected chi connectivity index (χ1v) is 7.34. The summed E-state index contributed by atoms with van der Waals surface area (Å²) < 4.78 is 15.0. The highest BCUT2D eigenvalue weighted by Gasteiger charge is 2.32. The molecule has 0 unspecified atom stereocenters. The van der Waals surface area contributed by atoms with E-state index in [1.807, 2.05) is 17.1 Å². The van der Waals surface area contributed by atoms with Crippen LogP contribution in [0, 0.1) is 5.82 Å². The van der Waals surface area contributed by atoms with Gasteiger partial charge in [-0.3, -0.25) is 9.58 Å². The van der Waals surface area contributed by atoms with Crippen LogP contribution in [0.15, 0.2) is 36.7 Å². The standard InChI is InChI=1S/C16H20FN3O/c1-2-20-10-12(8-18-20)9-19-11-15(21)7-16(19)13-3-5-14(17)6-4-13/h3-6,8,10,15-16,21H,2,7,9,11H2,1H3/t15-,16-/m0/s1. The molecule has 4 nitrogen and oxygen atoms in total. The zero-order valence-corrected chi connectivity index (χ0v) is 12.1. The molecule has 1 aromatic carbocycles. The smallest absolute Gasteiger partial charge is 0.123 e. The Kier molecular flexibility index (Phi) is 4.03. The molecule has 1 saturated heterocycles. The molecule has 21 heavy (non-hydrogen) atoms. The molecule has 2 heterocycles. The van der Waals surface area contributed by atoms with E-state index in [9.17, 15) is 9.50 Å². The molecule has 1 fully saturated rings. The lowest BCUT2D eigenvalue weighted by Crippen LogP contribution is -2.24. The zero-order valence-electron chi connectivity index (χ0n) is 12.1. The van der Waals surface area contributed by atoms with Crippen molar-refractivity contribution < 1.29 is 9.50 Å². The van der Waals surface area contributed by atoms with Crippen LogP contribution in [0.2, 0.25) is 0 Å². The minimum Gasteiger partial charge on any atom is -0.392 e. The second-order valence-electron chi connectivity index (χ2n) is 5.59. The highest BCUT2D eigenvalue weighted by atomic mass is 19.1. The predicted octanol–water partition coefficient (Wildman–Crippen LogP) is 2.35. The Bertz CT molecular complexity index is 596. The molecule has 2 aromatic rings. The highest BCUT2D eigenvalue weighted by molar-refractivity contribution is 5.22. The molecule has 1 N–H and O–H groups in total. The van der Waals surface area contributed by atoms with E-state index in [0.29, 0.717) is 13.0 Å². The molecule has 1 aliphatic heterocycles. The Labute approximate surface area is 123 Å². The number of halogens is 1. The zero-order chi connectivity index (χ0) is 14.8. The Hall–Kier alpha value is -1.72. The summed E-state index contributed by atoms with van der Waals surface area (Å²) in [6, 6.07) is 6.70. The number of likely N-dealkylation sites (tertiary alicyclic amines) is 1. The lowest BCUT2D eigenvalue weighted by atomic mass is 10.0. The number of aliphatic hydroxyl groups excluding tert-OH is 1. The molecule has 0 spiro atoms. The van der Waals surface area contributed by atoms with Crippen LogP contribution in [0.1, 0.15) is 30.5 Å². The van der Waals surface area contributed by atoms with Gasteiger partial charge in [0, 0.05) is 37.4 Å². The van der Waals surface area contributed by atoms with Crippen molar-refractivity contribution in [3.63, 3.8) is 0 Å². The molecule has 0 aliphatic carbocycles. The van der Waals surface area contributed by atoms with Crippen molar-refractivity contribution in [1.29, 1.82) is 0 Å². The van der Waals surface area contributed by atoms with Crippen LogP contribution >= 0.6 is 0 Å². The third-order valence-electron chi connectivity index (χ3n) is 4.03. The van der Waals surface area contributed by atoms with Crippen LogP contribution in [0.25, 0.3) is 0 Å². The number of rotatable bonds is 4. The summed E-state index contributed by atoms with van der Waals surface area (Å²) in [4.78, 5) is 2.23. The van der Waals surface area contributed by atoms with Gasteiger partial charge in [-0.15, -0.1) is 0 Å². The number of aromatic nitrogens is 2. The van der Waals surface area contributed by atoms with Crippen LogP contribution < -0.4 is 0 Å².